The largest absolute Gasteiger partial charge is 0.494 e. The first-order valence-electron chi connectivity index (χ1n) is 13.2. The molecule has 4 aliphatic rings. The molecule has 3 amide bonds. The minimum absolute atomic E-state index is 0.0636. The predicted molar refractivity (Wildman–Crippen MR) is 151 cm³/mol. The van der Waals surface area contributed by atoms with E-state index >= 15 is 0 Å². The number of anilines is 2. The molecule has 2 aromatic carbocycles. The van der Waals surface area contributed by atoms with Gasteiger partial charge in [0.05, 0.1) is 30.0 Å². The summed E-state index contributed by atoms with van der Waals surface area (Å²) < 4.78 is 11.1. The molecule has 2 saturated carbocycles. The Morgan fingerprint density at radius 1 is 0.949 bits per heavy atom. The molecule has 39 heavy (non-hydrogen) atoms. The molecular weight excluding hydrogens is 632 g/mol. The molecule has 0 spiro atoms. The van der Waals surface area contributed by atoms with Crippen molar-refractivity contribution in [3.8, 4) is 11.5 Å². The maximum absolute atomic E-state index is 13.4. The van der Waals surface area contributed by atoms with Crippen LogP contribution in [0.25, 0.3) is 0 Å². The topological polar surface area (TPSA) is 93.2 Å². The Morgan fingerprint density at radius 2 is 1.56 bits per heavy atom. The van der Waals surface area contributed by atoms with E-state index in [9.17, 15) is 19.2 Å². The van der Waals surface area contributed by atoms with E-state index in [1.165, 1.54) is 4.90 Å². The van der Waals surface area contributed by atoms with Crippen LogP contribution in [0, 0.1) is 36.5 Å². The number of rotatable bonds is 6. The highest BCUT2D eigenvalue weighted by Gasteiger charge is 2.66. The van der Waals surface area contributed by atoms with Crippen LogP contribution in [0.3, 0.4) is 0 Å². The maximum atomic E-state index is 13.4. The number of hydrogen-bond acceptors (Lipinski definition) is 6. The van der Waals surface area contributed by atoms with E-state index in [0.29, 0.717) is 29.3 Å². The Morgan fingerprint density at radius 3 is 2.15 bits per heavy atom. The van der Waals surface area contributed by atoms with Crippen LogP contribution in [0.1, 0.15) is 25.3 Å². The summed E-state index contributed by atoms with van der Waals surface area (Å²) in [7, 11) is 0. The smallest absolute Gasteiger partial charge is 0.316 e. The maximum Gasteiger partial charge on any atom is 0.316 e. The summed E-state index contributed by atoms with van der Waals surface area (Å²) >= 11 is 7.44. The van der Waals surface area contributed by atoms with E-state index in [0.717, 1.165) is 12.2 Å². The molecule has 2 aliphatic carbocycles. The SMILES string of the molecule is CCOc1ccc(N2C[C@H](C(=O)Oc3ccc(N4C(=O)[C@@H]5[C@H]6C[C@@H]([C@@H](Br)[C@H]6Br)[C@H]5C4=O)c(C)c3)CC2=O)cc1. The van der Waals surface area contributed by atoms with Gasteiger partial charge in [0, 0.05) is 28.3 Å². The fourth-order valence-corrected chi connectivity index (χ4v) is 8.61. The molecule has 204 valence electrons. The van der Waals surface area contributed by atoms with E-state index in [-0.39, 0.29) is 64.0 Å². The molecule has 4 fully saturated rings. The molecule has 10 heteroatoms. The first-order chi connectivity index (χ1) is 18.7. The van der Waals surface area contributed by atoms with Gasteiger partial charge in [0.2, 0.25) is 17.7 Å². The zero-order chi connectivity index (χ0) is 27.6. The van der Waals surface area contributed by atoms with Gasteiger partial charge in [-0.2, -0.15) is 0 Å². The fraction of sp³-hybridized carbons (Fsp3) is 0.448. The van der Waals surface area contributed by atoms with Crippen molar-refractivity contribution in [2.75, 3.05) is 23.0 Å². The Labute approximate surface area is 243 Å². The number of hydrogen-bond donors (Lipinski definition) is 0. The highest BCUT2D eigenvalue weighted by atomic mass is 79.9. The molecule has 0 unspecified atom stereocenters. The summed E-state index contributed by atoms with van der Waals surface area (Å²) in [5.74, 6) is -0.804. The number of amides is 3. The molecule has 0 N–H and O–H groups in total. The average Bonchev–Trinajstić information content (AvgIpc) is 3.63. The second-order valence-electron chi connectivity index (χ2n) is 10.7. The van der Waals surface area contributed by atoms with Crippen molar-refractivity contribution in [2.45, 2.75) is 36.3 Å². The van der Waals surface area contributed by atoms with Gasteiger partial charge in [-0.25, -0.2) is 4.90 Å². The Balaban J connectivity index is 1.13. The van der Waals surface area contributed by atoms with Crippen molar-refractivity contribution in [2.24, 2.45) is 29.6 Å². The van der Waals surface area contributed by atoms with Gasteiger partial charge in [-0.05, 0) is 80.1 Å². The number of halogens is 2. The zero-order valence-electron chi connectivity index (χ0n) is 21.5. The minimum atomic E-state index is -0.602. The summed E-state index contributed by atoms with van der Waals surface area (Å²) in [6, 6.07) is 12.1. The van der Waals surface area contributed by atoms with Gasteiger partial charge in [0.15, 0.2) is 0 Å². The molecule has 8 nitrogen and oxygen atoms in total. The molecule has 2 aromatic rings. The summed E-state index contributed by atoms with van der Waals surface area (Å²) in [6.07, 6.45) is 0.939. The lowest BCUT2D eigenvalue weighted by molar-refractivity contribution is -0.139. The molecule has 0 aromatic heterocycles. The summed E-state index contributed by atoms with van der Waals surface area (Å²) in [5.41, 5.74) is 1.89. The number of nitrogens with zero attached hydrogens (tertiary/aromatic N) is 2. The van der Waals surface area contributed by atoms with Gasteiger partial charge in [0.1, 0.15) is 11.5 Å². The predicted octanol–water partition coefficient (Wildman–Crippen LogP) is 4.63. The summed E-state index contributed by atoms with van der Waals surface area (Å²) in [5, 5.41) is 0. The van der Waals surface area contributed by atoms with E-state index in [2.05, 4.69) is 31.9 Å². The average molecular weight is 660 g/mol. The Hall–Kier alpha value is -2.72. The minimum Gasteiger partial charge on any atom is -0.494 e. The summed E-state index contributed by atoms with van der Waals surface area (Å²) in [6.45, 7) is 4.48. The number of carbonyl (C=O) groups excluding carboxylic acids is 4. The van der Waals surface area contributed by atoms with Gasteiger partial charge >= 0.3 is 5.97 Å². The highest BCUT2D eigenvalue weighted by Crippen LogP contribution is 2.60. The third kappa shape index (κ3) is 4.30. The van der Waals surface area contributed by atoms with Gasteiger partial charge in [-0.15, -0.1) is 0 Å². The van der Waals surface area contributed by atoms with Crippen LogP contribution in [-0.4, -0.2) is 46.5 Å². The van der Waals surface area contributed by atoms with Gasteiger partial charge < -0.3 is 14.4 Å². The number of imide groups is 1. The second-order valence-corrected chi connectivity index (χ2v) is 12.8. The van der Waals surface area contributed by atoms with Crippen LogP contribution < -0.4 is 19.3 Å². The lowest BCUT2D eigenvalue weighted by Gasteiger charge is -2.28. The van der Waals surface area contributed by atoms with Gasteiger partial charge in [-0.1, -0.05) is 31.9 Å². The van der Waals surface area contributed by atoms with E-state index in [4.69, 9.17) is 9.47 Å². The van der Waals surface area contributed by atoms with Crippen LogP contribution in [-0.2, 0) is 19.2 Å². The number of fused-ring (bicyclic) bond motifs is 5. The van der Waals surface area contributed by atoms with Crippen LogP contribution >= 0.6 is 31.9 Å². The van der Waals surface area contributed by atoms with Crippen LogP contribution in [0.5, 0.6) is 11.5 Å². The molecule has 2 bridgehead atoms. The standard InChI is InChI=1S/C29H28Br2N2O6/c1-3-38-17-6-4-16(5-7-17)32-13-15(11-22(32)34)29(37)39-18-8-9-21(14(2)10-18)33-27(35)23-19-12-20(24(23)28(33)36)26(31)25(19)30/h4-10,15,19-20,23-26H,3,11-13H2,1-2H3/t15-,19-,20-,23-,24-,25-,26+/m1/s1. The number of esters is 1. The van der Waals surface area contributed by atoms with Crippen molar-refractivity contribution in [1.82, 2.24) is 0 Å². The number of benzene rings is 2. The van der Waals surface area contributed by atoms with Crippen molar-refractivity contribution in [1.29, 1.82) is 0 Å². The van der Waals surface area contributed by atoms with Gasteiger partial charge in [0.25, 0.3) is 0 Å². The Bertz CT molecular complexity index is 1330. The van der Waals surface area contributed by atoms with Crippen LogP contribution in [0.15, 0.2) is 42.5 Å². The zero-order valence-corrected chi connectivity index (χ0v) is 24.7. The molecule has 2 aliphatic heterocycles. The Kier molecular flexibility index (Phi) is 6.82. The first-order valence-corrected chi connectivity index (χ1v) is 15.0. The third-order valence-corrected chi connectivity index (χ3v) is 11.7. The van der Waals surface area contributed by atoms with E-state index < -0.39 is 11.9 Å². The number of carbonyl (C=O) groups is 4. The van der Waals surface area contributed by atoms with Crippen molar-refractivity contribution in [3.05, 3.63) is 48.0 Å². The highest BCUT2D eigenvalue weighted by molar-refractivity contribution is 9.12. The quantitative estimate of drug-likeness (QED) is 0.194. The lowest BCUT2D eigenvalue weighted by Crippen LogP contribution is -2.37. The summed E-state index contributed by atoms with van der Waals surface area (Å²) in [4.78, 5) is 55.7. The van der Waals surface area contributed by atoms with Crippen LogP contribution in [0.2, 0.25) is 0 Å². The normalized spacial score (nSPS) is 31.3. The monoisotopic (exact) mass is 658 g/mol. The van der Waals surface area contributed by atoms with E-state index in [1.54, 1.807) is 54.3 Å². The van der Waals surface area contributed by atoms with Gasteiger partial charge in [-0.3, -0.25) is 19.2 Å². The van der Waals surface area contributed by atoms with Crippen molar-refractivity contribution < 1.29 is 28.7 Å². The molecule has 0 radical (unpaired) electrons. The number of aryl methyl sites for hydroxylation is 1. The lowest BCUT2D eigenvalue weighted by atomic mass is 9.81. The molecule has 7 atom stereocenters. The molecule has 2 heterocycles. The second kappa shape index (κ2) is 10.0. The van der Waals surface area contributed by atoms with E-state index in [1.807, 2.05) is 6.92 Å². The molecular formula is C29H28Br2N2O6. The third-order valence-electron chi connectivity index (χ3n) is 8.53. The number of ether oxygens (including phenoxy) is 2. The van der Waals surface area contributed by atoms with Crippen LogP contribution in [0.4, 0.5) is 11.4 Å². The molecule has 6 rings (SSSR count). The van der Waals surface area contributed by atoms with Crippen molar-refractivity contribution >= 4 is 66.9 Å². The molecule has 2 saturated heterocycles. The van der Waals surface area contributed by atoms with Crippen molar-refractivity contribution in [3.63, 3.8) is 0 Å². The number of alkyl halides is 2. The fourth-order valence-electron chi connectivity index (χ4n) is 6.73. The first kappa shape index (κ1) is 26.5.